The summed E-state index contributed by atoms with van der Waals surface area (Å²) >= 11 is 0. The van der Waals surface area contributed by atoms with Gasteiger partial charge in [0.15, 0.2) is 0 Å². The molecule has 4 nitrogen and oxygen atoms in total. The molecular weight excluding hydrogens is 346 g/mol. The fraction of sp³-hybridized carbons (Fsp3) is 0.417. The molecule has 4 heteroatoms. The van der Waals surface area contributed by atoms with E-state index < -0.39 is 0 Å². The highest BCUT2D eigenvalue weighted by atomic mass is 16.2. The molecule has 2 unspecified atom stereocenters. The van der Waals surface area contributed by atoms with E-state index in [-0.39, 0.29) is 11.8 Å². The van der Waals surface area contributed by atoms with Gasteiger partial charge in [-0.3, -0.25) is 4.79 Å². The van der Waals surface area contributed by atoms with E-state index in [0.29, 0.717) is 12.3 Å². The molecule has 1 amide bonds. The topological polar surface area (TPSA) is 38.1 Å². The van der Waals surface area contributed by atoms with Crippen molar-refractivity contribution in [2.75, 3.05) is 13.1 Å². The van der Waals surface area contributed by atoms with Crippen LogP contribution >= 0.6 is 0 Å². The third-order valence-electron chi connectivity index (χ3n) is 5.97. The van der Waals surface area contributed by atoms with E-state index in [2.05, 4.69) is 60.9 Å². The molecule has 0 N–H and O–H groups in total. The van der Waals surface area contributed by atoms with Crippen LogP contribution in [0.4, 0.5) is 0 Å². The molecular formula is C24H29N3O. The van der Waals surface area contributed by atoms with Crippen LogP contribution in [-0.4, -0.2) is 33.4 Å². The number of imidazole rings is 1. The lowest BCUT2D eigenvalue weighted by atomic mass is 10.1. The molecule has 1 aromatic heterocycles. The highest BCUT2D eigenvalue weighted by Crippen LogP contribution is 2.31. The van der Waals surface area contributed by atoms with Crippen LogP contribution in [0.1, 0.15) is 44.0 Å². The van der Waals surface area contributed by atoms with Gasteiger partial charge in [0, 0.05) is 32.0 Å². The molecule has 1 fully saturated rings. The SMILES string of the molecule is CCC(C)Cn1c(C2CC(=O)N(CCc3ccccc3)C2)nc2ccccc21. The first-order valence-electron chi connectivity index (χ1n) is 10.4. The summed E-state index contributed by atoms with van der Waals surface area (Å²) in [6.45, 7) is 7.03. The van der Waals surface area contributed by atoms with Gasteiger partial charge in [-0.15, -0.1) is 0 Å². The molecule has 28 heavy (non-hydrogen) atoms. The molecule has 0 aliphatic carbocycles. The summed E-state index contributed by atoms with van der Waals surface area (Å²) in [7, 11) is 0. The molecule has 0 radical (unpaired) electrons. The van der Waals surface area contributed by atoms with Gasteiger partial charge >= 0.3 is 0 Å². The lowest BCUT2D eigenvalue weighted by Gasteiger charge is -2.18. The summed E-state index contributed by atoms with van der Waals surface area (Å²) < 4.78 is 2.36. The zero-order valence-corrected chi connectivity index (χ0v) is 16.8. The third kappa shape index (κ3) is 3.82. The van der Waals surface area contributed by atoms with E-state index in [1.165, 1.54) is 11.1 Å². The minimum atomic E-state index is 0.180. The van der Waals surface area contributed by atoms with Crippen LogP contribution in [0.5, 0.6) is 0 Å². The Balaban J connectivity index is 1.55. The number of likely N-dealkylation sites (tertiary alicyclic amines) is 1. The Hall–Kier alpha value is -2.62. The Labute approximate surface area is 167 Å². The van der Waals surface area contributed by atoms with Crippen LogP contribution in [0, 0.1) is 5.92 Å². The lowest BCUT2D eigenvalue weighted by molar-refractivity contribution is -0.127. The lowest BCUT2D eigenvalue weighted by Crippen LogP contribution is -2.27. The highest BCUT2D eigenvalue weighted by Gasteiger charge is 2.33. The Morgan fingerprint density at radius 1 is 1.11 bits per heavy atom. The predicted octanol–water partition coefficient (Wildman–Crippen LogP) is 4.64. The molecule has 2 atom stereocenters. The molecule has 3 aromatic rings. The van der Waals surface area contributed by atoms with Crippen LogP contribution in [-0.2, 0) is 17.8 Å². The van der Waals surface area contributed by atoms with Crippen LogP contribution < -0.4 is 0 Å². The number of rotatable bonds is 7. The Kier molecular flexibility index (Phi) is 5.47. The Bertz CT molecular complexity index is 947. The van der Waals surface area contributed by atoms with Crippen molar-refractivity contribution in [3.8, 4) is 0 Å². The maximum atomic E-state index is 12.7. The number of hydrogen-bond donors (Lipinski definition) is 0. The van der Waals surface area contributed by atoms with E-state index in [4.69, 9.17) is 4.98 Å². The molecule has 0 saturated carbocycles. The van der Waals surface area contributed by atoms with Crippen molar-refractivity contribution in [2.24, 2.45) is 5.92 Å². The second kappa shape index (κ2) is 8.17. The third-order valence-corrected chi connectivity index (χ3v) is 5.97. The van der Waals surface area contributed by atoms with Gasteiger partial charge < -0.3 is 9.47 Å². The standard InChI is InChI=1S/C24H29N3O/c1-3-18(2)16-27-22-12-8-7-11-21(22)25-24(27)20-15-23(28)26(17-20)14-13-19-9-5-4-6-10-19/h4-12,18,20H,3,13-17H2,1-2H3. The molecule has 0 spiro atoms. The maximum absolute atomic E-state index is 12.7. The van der Waals surface area contributed by atoms with Gasteiger partial charge in [-0.2, -0.15) is 0 Å². The monoisotopic (exact) mass is 375 g/mol. The van der Waals surface area contributed by atoms with Gasteiger partial charge in [-0.1, -0.05) is 62.7 Å². The van der Waals surface area contributed by atoms with Gasteiger partial charge in [0.05, 0.1) is 11.0 Å². The Morgan fingerprint density at radius 3 is 2.64 bits per heavy atom. The first kappa shape index (κ1) is 18.7. The van der Waals surface area contributed by atoms with Crippen molar-refractivity contribution < 1.29 is 4.79 Å². The molecule has 1 aliphatic rings. The molecule has 4 rings (SSSR count). The fourth-order valence-corrected chi connectivity index (χ4v) is 4.11. The number of carbonyl (C=O) groups excluding carboxylic acids is 1. The number of amides is 1. The quantitative estimate of drug-likeness (QED) is 0.603. The van der Waals surface area contributed by atoms with E-state index in [0.717, 1.165) is 43.8 Å². The normalized spacial score (nSPS) is 18.1. The second-order valence-electron chi connectivity index (χ2n) is 8.06. The fourth-order valence-electron chi connectivity index (χ4n) is 4.11. The zero-order chi connectivity index (χ0) is 19.5. The smallest absolute Gasteiger partial charge is 0.223 e. The van der Waals surface area contributed by atoms with E-state index >= 15 is 0 Å². The summed E-state index contributed by atoms with van der Waals surface area (Å²) in [6.07, 6.45) is 2.61. The van der Waals surface area contributed by atoms with Crippen molar-refractivity contribution in [1.29, 1.82) is 0 Å². The molecule has 2 aromatic carbocycles. The van der Waals surface area contributed by atoms with Crippen LogP contribution in [0.15, 0.2) is 54.6 Å². The molecule has 0 bridgehead atoms. The first-order valence-corrected chi connectivity index (χ1v) is 10.4. The average Bonchev–Trinajstić information content (AvgIpc) is 3.27. The molecule has 1 aliphatic heterocycles. The van der Waals surface area contributed by atoms with Crippen molar-refractivity contribution in [3.63, 3.8) is 0 Å². The number of carbonyl (C=O) groups is 1. The van der Waals surface area contributed by atoms with Crippen LogP contribution in [0.25, 0.3) is 11.0 Å². The summed E-state index contributed by atoms with van der Waals surface area (Å²) in [4.78, 5) is 19.6. The predicted molar refractivity (Wildman–Crippen MR) is 113 cm³/mol. The highest BCUT2D eigenvalue weighted by molar-refractivity contribution is 5.81. The number of hydrogen-bond acceptors (Lipinski definition) is 2. The van der Waals surface area contributed by atoms with E-state index in [9.17, 15) is 4.79 Å². The van der Waals surface area contributed by atoms with Gasteiger partial charge in [0.2, 0.25) is 5.91 Å². The van der Waals surface area contributed by atoms with Crippen LogP contribution in [0.3, 0.4) is 0 Å². The molecule has 2 heterocycles. The van der Waals surface area contributed by atoms with E-state index in [1.807, 2.05) is 17.0 Å². The largest absolute Gasteiger partial charge is 0.342 e. The summed E-state index contributed by atoms with van der Waals surface area (Å²) in [6, 6.07) is 18.7. The van der Waals surface area contributed by atoms with Crippen molar-refractivity contribution in [3.05, 3.63) is 66.0 Å². The number of fused-ring (bicyclic) bond motifs is 1. The number of para-hydroxylation sites is 2. The van der Waals surface area contributed by atoms with E-state index in [1.54, 1.807) is 0 Å². The first-order chi connectivity index (χ1) is 13.7. The number of nitrogens with zero attached hydrogens (tertiary/aromatic N) is 3. The minimum absolute atomic E-state index is 0.180. The summed E-state index contributed by atoms with van der Waals surface area (Å²) in [5.74, 6) is 2.10. The van der Waals surface area contributed by atoms with Gasteiger partial charge in [-0.25, -0.2) is 4.98 Å². The van der Waals surface area contributed by atoms with Gasteiger partial charge in [0.1, 0.15) is 5.82 Å². The molecule has 146 valence electrons. The van der Waals surface area contributed by atoms with Gasteiger partial charge in [0.25, 0.3) is 0 Å². The molecule has 1 saturated heterocycles. The number of aromatic nitrogens is 2. The van der Waals surface area contributed by atoms with Crippen molar-refractivity contribution in [1.82, 2.24) is 14.5 Å². The summed E-state index contributed by atoms with van der Waals surface area (Å²) in [5.41, 5.74) is 3.51. The number of benzene rings is 2. The van der Waals surface area contributed by atoms with Crippen molar-refractivity contribution in [2.45, 2.75) is 45.6 Å². The minimum Gasteiger partial charge on any atom is -0.342 e. The Morgan fingerprint density at radius 2 is 1.86 bits per heavy atom. The average molecular weight is 376 g/mol. The zero-order valence-electron chi connectivity index (χ0n) is 16.8. The van der Waals surface area contributed by atoms with Crippen LogP contribution in [0.2, 0.25) is 0 Å². The summed E-state index contributed by atoms with van der Waals surface area (Å²) in [5, 5.41) is 0. The van der Waals surface area contributed by atoms with Gasteiger partial charge in [-0.05, 0) is 30.0 Å². The second-order valence-corrected chi connectivity index (χ2v) is 8.06. The maximum Gasteiger partial charge on any atom is 0.223 e. The van der Waals surface area contributed by atoms with Crippen molar-refractivity contribution >= 4 is 16.9 Å².